The summed E-state index contributed by atoms with van der Waals surface area (Å²) in [5, 5.41) is 3.16. The fraction of sp³-hybridized carbons (Fsp3) is 0.625. The van der Waals surface area contributed by atoms with Crippen molar-refractivity contribution in [3.05, 3.63) is 35.9 Å². The first-order chi connectivity index (χ1) is 15.0. The van der Waals surface area contributed by atoms with Gasteiger partial charge in [0.2, 0.25) is 17.7 Å². The highest BCUT2D eigenvalue weighted by molar-refractivity contribution is 6.05. The molecule has 7 heteroatoms. The van der Waals surface area contributed by atoms with E-state index in [4.69, 9.17) is 0 Å². The van der Waals surface area contributed by atoms with Crippen LogP contribution in [-0.2, 0) is 14.4 Å². The van der Waals surface area contributed by atoms with Crippen molar-refractivity contribution >= 4 is 17.7 Å². The van der Waals surface area contributed by atoms with E-state index in [1.807, 2.05) is 30.3 Å². The highest BCUT2D eigenvalue weighted by atomic mass is 16.2. The van der Waals surface area contributed by atoms with Crippen LogP contribution in [0.1, 0.15) is 43.7 Å². The van der Waals surface area contributed by atoms with E-state index in [1.165, 1.54) is 4.90 Å². The van der Waals surface area contributed by atoms with Crippen molar-refractivity contribution in [2.45, 2.75) is 38.1 Å². The van der Waals surface area contributed by atoms with E-state index in [2.05, 4.69) is 22.2 Å². The lowest BCUT2D eigenvalue weighted by Gasteiger charge is -2.35. The lowest BCUT2D eigenvalue weighted by atomic mass is 9.81. The molecule has 1 saturated carbocycles. The van der Waals surface area contributed by atoms with E-state index in [0.717, 1.165) is 64.0 Å². The number of nitrogens with one attached hydrogen (secondary N) is 1. The number of carbonyl (C=O) groups excluding carboxylic acids is 3. The number of benzene rings is 1. The van der Waals surface area contributed by atoms with Gasteiger partial charge in [0.1, 0.15) is 0 Å². The molecule has 4 rings (SSSR count). The predicted molar refractivity (Wildman–Crippen MR) is 118 cm³/mol. The summed E-state index contributed by atoms with van der Waals surface area (Å²) >= 11 is 0. The molecule has 3 unspecified atom stereocenters. The first-order valence-electron chi connectivity index (χ1n) is 11.6. The van der Waals surface area contributed by atoms with Crippen LogP contribution >= 0.6 is 0 Å². The van der Waals surface area contributed by atoms with Crippen LogP contribution in [0.2, 0.25) is 0 Å². The normalized spacial score (nSPS) is 26.0. The van der Waals surface area contributed by atoms with Crippen molar-refractivity contribution < 1.29 is 14.4 Å². The number of nitrogens with zero attached hydrogens (tertiary/aromatic N) is 3. The Labute approximate surface area is 184 Å². The van der Waals surface area contributed by atoms with Gasteiger partial charge in [0.15, 0.2) is 0 Å². The van der Waals surface area contributed by atoms with E-state index in [1.54, 1.807) is 0 Å². The number of hydrogen-bond acceptors (Lipinski definition) is 5. The van der Waals surface area contributed by atoms with Crippen LogP contribution in [0.25, 0.3) is 0 Å². The van der Waals surface area contributed by atoms with Crippen LogP contribution < -0.4 is 5.32 Å². The van der Waals surface area contributed by atoms with Gasteiger partial charge in [0, 0.05) is 45.7 Å². The Balaban J connectivity index is 1.35. The molecule has 1 aromatic carbocycles. The molecule has 1 aromatic rings. The highest BCUT2D eigenvalue weighted by Crippen LogP contribution is 2.38. The molecular formula is C24H34N4O3. The van der Waals surface area contributed by atoms with E-state index in [0.29, 0.717) is 0 Å². The number of rotatable bonds is 7. The second-order valence-corrected chi connectivity index (χ2v) is 9.21. The van der Waals surface area contributed by atoms with Crippen molar-refractivity contribution in [2.24, 2.45) is 11.8 Å². The number of fused-ring (bicyclic) bond motifs is 1. The van der Waals surface area contributed by atoms with E-state index in [-0.39, 0.29) is 48.6 Å². The molecule has 168 valence electrons. The van der Waals surface area contributed by atoms with Gasteiger partial charge in [-0.25, -0.2) is 0 Å². The van der Waals surface area contributed by atoms with Crippen LogP contribution in [0.3, 0.4) is 0 Å². The summed E-state index contributed by atoms with van der Waals surface area (Å²) in [5.74, 6) is -0.560. The molecule has 3 amide bonds. The molecule has 2 saturated heterocycles. The van der Waals surface area contributed by atoms with Crippen molar-refractivity contribution in [2.75, 3.05) is 46.3 Å². The van der Waals surface area contributed by atoms with E-state index >= 15 is 0 Å². The number of hydrogen-bond donors (Lipinski definition) is 1. The molecular weight excluding hydrogens is 392 g/mol. The lowest BCUT2D eigenvalue weighted by molar-refractivity contribution is -0.140. The zero-order chi connectivity index (χ0) is 21.8. The van der Waals surface area contributed by atoms with Crippen LogP contribution in [-0.4, -0.2) is 78.7 Å². The van der Waals surface area contributed by atoms with E-state index < -0.39 is 0 Å². The van der Waals surface area contributed by atoms with Crippen LogP contribution in [0.15, 0.2) is 30.3 Å². The van der Waals surface area contributed by atoms with Gasteiger partial charge < -0.3 is 10.2 Å². The quantitative estimate of drug-likeness (QED) is 0.672. The molecule has 2 aliphatic heterocycles. The molecule has 1 aliphatic carbocycles. The molecule has 0 radical (unpaired) electrons. The third-order valence-electron chi connectivity index (χ3n) is 7.07. The monoisotopic (exact) mass is 426 g/mol. The number of likely N-dealkylation sites (N-methyl/N-ethyl adjacent to an activating group) is 1. The van der Waals surface area contributed by atoms with Gasteiger partial charge in [-0.1, -0.05) is 43.2 Å². The van der Waals surface area contributed by atoms with Gasteiger partial charge in [0.25, 0.3) is 0 Å². The predicted octanol–water partition coefficient (Wildman–Crippen LogP) is 1.66. The second-order valence-electron chi connectivity index (χ2n) is 9.21. The summed E-state index contributed by atoms with van der Waals surface area (Å²) in [4.78, 5) is 44.2. The SMILES string of the molecule is CN1CCN(CC(NC(=O)CCN2C(=O)C3CCCCC3C2=O)c2ccccc2)CC1. The topological polar surface area (TPSA) is 73.0 Å². The smallest absolute Gasteiger partial charge is 0.233 e. The Morgan fingerprint density at radius 2 is 1.61 bits per heavy atom. The van der Waals surface area contributed by atoms with Gasteiger partial charge in [-0.15, -0.1) is 0 Å². The maximum absolute atomic E-state index is 12.8. The molecule has 3 aliphatic rings. The minimum atomic E-state index is -0.154. The number of carbonyl (C=O) groups is 3. The summed E-state index contributed by atoms with van der Waals surface area (Å²) in [7, 11) is 2.13. The Morgan fingerprint density at radius 3 is 2.23 bits per heavy atom. The zero-order valence-electron chi connectivity index (χ0n) is 18.5. The third-order valence-corrected chi connectivity index (χ3v) is 7.07. The summed E-state index contributed by atoms with van der Waals surface area (Å²) in [6.45, 7) is 4.96. The minimum Gasteiger partial charge on any atom is -0.348 e. The van der Waals surface area contributed by atoms with Gasteiger partial charge in [-0.2, -0.15) is 0 Å². The fourth-order valence-electron chi connectivity index (χ4n) is 5.14. The number of amides is 3. The molecule has 7 nitrogen and oxygen atoms in total. The summed E-state index contributed by atoms with van der Waals surface area (Å²) in [6, 6.07) is 9.93. The largest absolute Gasteiger partial charge is 0.348 e. The Hall–Kier alpha value is -2.25. The molecule has 0 aromatic heterocycles. The fourth-order valence-corrected chi connectivity index (χ4v) is 5.14. The first kappa shape index (κ1) is 22.0. The van der Waals surface area contributed by atoms with Gasteiger partial charge in [0.05, 0.1) is 17.9 Å². The summed E-state index contributed by atoms with van der Waals surface area (Å²) in [5.41, 5.74) is 1.08. The van der Waals surface area contributed by atoms with Gasteiger partial charge >= 0.3 is 0 Å². The Kier molecular flexibility index (Phi) is 7.02. The molecule has 3 fully saturated rings. The molecule has 0 bridgehead atoms. The van der Waals surface area contributed by atoms with Crippen molar-refractivity contribution in [3.8, 4) is 0 Å². The highest BCUT2D eigenvalue weighted by Gasteiger charge is 2.47. The van der Waals surface area contributed by atoms with E-state index in [9.17, 15) is 14.4 Å². The summed E-state index contributed by atoms with van der Waals surface area (Å²) < 4.78 is 0. The Morgan fingerprint density at radius 1 is 1.00 bits per heavy atom. The summed E-state index contributed by atoms with van der Waals surface area (Å²) in [6.07, 6.45) is 3.79. The molecule has 31 heavy (non-hydrogen) atoms. The second kappa shape index (κ2) is 9.92. The average molecular weight is 427 g/mol. The van der Waals surface area contributed by atoms with Crippen molar-refractivity contribution in [1.82, 2.24) is 20.0 Å². The van der Waals surface area contributed by atoms with Crippen LogP contribution in [0.5, 0.6) is 0 Å². The van der Waals surface area contributed by atoms with Crippen LogP contribution in [0, 0.1) is 11.8 Å². The number of likely N-dealkylation sites (tertiary alicyclic amines) is 1. The zero-order valence-corrected chi connectivity index (χ0v) is 18.5. The maximum atomic E-state index is 12.8. The first-order valence-corrected chi connectivity index (χ1v) is 11.6. The standard InChI is InChI=1S/C24H34N4O3/c1-26-13-15-27(16-14-26)17-21(18-7-3-2-4-8-18)25-22(29)11-12-28-23(30)19-9-5-6-10-20(19)24(28)31/h2-4,7-8,19-21H,5-6,9-17H2,1H3,(H,25,29). The minimum absolute atomic E-state index is 0.0699. The third kappa shape index (κ3) is 5.15. The number of piperazine rings is 1. The van der Waals surface area contributed by atoms with Crippen LogP contribution in [0.4, 0.5) is 0 Å². The molecule has 2 heterocycles. The lowest BCUT2D eigenvalue weighted by Crippen LogP contribution is -2.48. The van der Waals surface area contributed by atoms with Gasteiger partial charge in [-0.3, -0.25) is 24.2 Å². The maximum Gasteiger partial charge on any atom is 0.233 e. The number of imide groups is 1. The molecule has 3 atom stereocenters. The molecule has 1 N–H and O–H groups in total. The van der Waals surface area contributed by atoms with Gasteiger partial charge in [-0.05, 0) is 25.5 Å². The average Bonchev–Trinajstić information content (AvgIpc) is 3.04. The van der Waals surface area contributed by atoms with Crippen molar-refractivity contribution in [1.29, 1.82) is 0 Å². The Bertz CT molecular complexity index is 767. The molecule has 0 spiro atoms. The van der Waals surface area contributed by atoms with Crippen molar-refractivity contribution in [3.63, 3.8) is 0 Å².